The molecule has 1 aliphatic heterocycles. The Balaban J connectivity index is 1.61. The summed E-state index contributed by atoms with van der Waals surface area (Å²) in [7, 11) is -3.32. The topological polar surface area (TPSA) is 101 Å². The van der Waals surface area contributed by atoms with Crippen molar-refractivity contribution in [3.8, 4) is 0 Å². The molecule has 0 bridgehead atoms. The molecule has 1 saturated heterocycles. The first-order valence-electron chi connectivity index (χ1n) is 7.86. The van der Waals surface area contributed by atoms with Gasteiger partial charge in [0.15, 0.2) is 9.84 Å². The van der Waals surface area contributed by atoms with E-state index in [4.69, 9.17) is 0 Å². The molecule has 3 rings (SSSR count). The van der Waals surface area contributed by atoms with Crippen molar-refractivity contribution < 1.29 is 13.2 Å². The molecule has 8 nitrogen and oxygen atoms in total. The summed E-state index contributed by atoms with van der Waals surface area (Å²) in [4.78, 5) is 14.4. The molecule has 0 radical (unpaired) electrons. The summed E-state index contributed by atoms with van der Waals surface area (Å²) < 4.78 is 25.4. The number of hydrogen-bond donors (Lipinski definition) is 1. The molecule has 0 aliphatic carbocycles. The molecule has 3 heterocycles. The van der Waals surface area contributed by atoms with Crippen molar-refractivity contribution in [1.29, 1.82) is 0 Å². The molecular formula is C15H21N5O3S. The number of nitrogens with zero attached hydrogens (tertiary/aromatic N) is 4. The zero-order chi connectivity index (χ0) is 17.3. The first kappa shape index (κ1) is 16.7. The van der Waals surface area contributed by atoms with Crippen LogP contribution >= 0.6 is 0 Å². The summed E-state index contributed by atoms with van der Waals surface area (Å²) in [5.74, 6) is 0.0409. The highest BCUT2D eigenvalue weighted by Crippen LogP contribution is 2.30. The van der Waals surface area contributed by atoms with Crippen LogP contribution in [0.5, 0.6) is 0 Å². The van der Waals surface area contributed by atoms with E-state index in [-0.39, 0.29) is 16.7 Å². The summed E-state index contributed by atoms with van der Waals surface area (Å²) in [5.41, 5.74) is 1.53. The van der Waals surface area contributed by atoms with Crippen LogP contribution in [0.4, 0.5) is 0 Å². The Morgan fingerprint density at radius 3 is 2.92 bits per heavy atom. The number of aromatic amines is 1. The Morgan fingerprint density at radius 2 is 2.25 bits per heavy atom. The van der Waals surface area contributed by atoms with Crippen molar-refractivity contribution >= 4 is 15.7 Å². The van der Waals surface area contributed by atoms with E-state index in [0.717, 1.165) is 12.1 Å². The third-order valence-corrected chi connectivity index (χ3v) is 5.43. The molecule has 1 N–H and O–H groups in total. The van der Waals surface area contributed by atoms with Crippen molar-refractivity contribution in [2.45, 2.75) is 37.1 Å². The number of amides is 1. The van der Waals surface area contributed by atoms with E-state index in [0.29, 0.717) is 31.7 Å². The van der Waals surface area contributed by atoms with Crippen LogP contribution in [-0.2, 0) is 21.2 Å². The van der Waals surface area contributed by atoms with Gasteiger partial charge in [0.1, 0.15) is 4.90 Å². The summed E-state index contributed by atoms with van der Waals surface area (Å²) in [6, 6.07) is 1.90. The normalized spacial score (nSPS) is 18.2. The number of carbonyl (C=O) groups is 1. The number of aryl methyl sites for hydroxylation is 2. The van der Waals surface area contributed by atoms with E-state index in [2.05, 4.69) is 15.3 Å². The summed E-state index contributed by atoms with van der Waals surface area (Å²) in [5, 5.41) is 10.9. The first-order valence-corrected chi connectivity index (χ1v) is 9.75. The Bertz CT molecular complexity index is 839. The molecule has 0 unspecified atom stereocenters. The van der Waals surface area contributed by atoms with E-state index in [1.807, 2.05) is 19.2 Å². The smallest absolute Gasteiger partial charge is 0.224 e. The fourth-order valence-electron chi connectivity index (χ4n) is 3.05. The third-order valence-electron chi connectivity index (χ3n) is 4.31. The van der Waals surface area contributed by atoms with Gasteiger partial charge in [0, 0.05) is 44.4 Å². The number of likely N-dealkylation sites (tertiary alicyclic amines) is 1. The average Bonchev–Trinajstić information content (AvgIpc) is 3.23. The van der Waals surface area contributed by atoms with E-state index >= 15 is 0 Å². The summed E-state index contributed by atoms with van der Waals surface area (Å²) in [6.45, 7) is 3.60. The molecule has 9 heteroatoms. The SMILES string of the molecule is Cc1ccn(CCC(=O)N2CC[C@H](c3[nH]ncc3S(C)(=O)=O)C2)n1. The van der Waals surface area contributed by atoms with Crippen molar-refractivity contribution in [3.05, 3.63) is 29.8 Å². The molecule has 130 valence electrons. The lowest BCUT2D eigenvalue weighted by Gasteiger charge is -2.16. The van der Waals surface area contributed by atoms with Gasteiger partial charge in [-0.05, 0) is 19.4 Å². The zero-order valence-electron chi connectivity index (χ0n) is 13.8. The molecule has 1 fully saturated rings. The van der Waals surface area contributed by atoms with Gasteiger partial charge in [0.05, 0.1) is 17.6 Å². The molecule has 1 amide bonds. The number of carbonyl (C=O) groups excluding carboxylic acids is 1. The predicted molar refractivity (Wildman–Crippen MR) is 87.2 cm³/mol. The van der Waals surface area contributed by atoms with Crippen molar-refractivity contribution in [3.63, 3.8) is 0 Å². The van der Waals surface area contributed by atoms with Crippen molar-refractivity contribution in [1.82, 2.24) is 24.9 Å². The van der Waals surface area contributed by atoms with Crippen LogP contribution in [0, 0.1) is 6.92 Å². The predicted octanol–water partition coefficient (Wildman–Crippen LogP) is 0.724. The lowest BCUT2D eigenvalue weighted by atomic mass is 10.1. The van der Waals surface area contributed by atoms with Gasteiger partial charge in [-0.1, -0.05) is 0 Å². The fraction of sp³-hybridized carbons (Fsp3) is 0.533. The van der Waals surface area contributed by atoms with Crippen molar-refractivity contribution in [2.75, 3.05) is 19.3 Å². The highest BCUT2D eigenvalue weighted by Gasteiger charge is 2.31. The van der Waals surface area contributed by atoms with Gasteiger partial charge in [0.2, 0.25) is 5.91 Å². The van der Waals surface area contributed by atoms with Crippen LogP contribution in [0.1, 0.15) is 30.1 Å². The number of H-pyrrole nitrogens is 1. The van der Waals surface area contributed by atoms with Gasteiger partial charge in [-0.2, -0.15) is 10.2 Å². The lowest BCUT2D eigenvalue weighted by molar-refractivity contribution is -0.130. The Hall–Kier alpha value is -2.16. The summed E-state index contributed by atoms with van der Waals surface area (Å²) in [6.07, 6.45) is 5.49. The van der Waals surface area contributed by atoms with Gasteiger partial charge in [-0.3, -0.25) is 14.6 Å². The van der Waals surface area contributed by atoms with Crippen LogP contribution < -0.4 is 0 Å². The van der Waals surface area contributed by atoms with E-state index in [1.165, 1.54) is 12.5 Å². The molecule has 24 heavy (non-hydrogen) atoms. The number of rotatable bonds is 5. The van der Waals surface area contributed by atoms with Gasteiger partial charge < -0.3 is 4.90 Å². The maximum Gasteiger partial charge on any atom is 0.224 e. The van der Waals surface area contributed by atoms with Gasteiger partial charge in [-0.15, -0.1) is 0 Å². The Kier molecular flexibility index (Phi) is 4.44. The van der Waals surface area contributed by atoms with Crippen LogP contribution in [0.25, 0.3) is 0 Å². The van der Waals surface area contributed by atoms with Crippen LogP contribution in [0.2, 0.25) is 0 Å². The maximum absolute atomic E-state index is 12.4. The van der Waals surface area contributed by atoms with Crippen LogP contribution in [0.3, 0.4) is 0 Å². The van der Waals surface area contributed by atoms with Gasteiger partial charge in [0.25, 0.3) is 0 Å². The van der Waals surface area contributed by atoms with Gasteiger partial charge >= 0.3 is 0 Å². The maximum atomic E-state index is 12.4. The second-order valence-corrected chi connectivity index (χ2v) is 8.20. The molecule has 2 aromatic rings. The number of aromatic nitrogens is 4. The molecule has 0 aromatic carbocycles. The minimum absolute atomic E-state index is 0.0203. The largest absolute Gasteiger partial charge is 0.342 e. The van der Waals surface area contributed by atoms with E-state index in [9.17, 15) is 13.2 Å². The average molecular weight is 351 g/mol. The molecule has 2 aromatic heterocycles. The number of hydrogen-bond acceptors (Lipinski definition) is 5. The highest BCUT2D eigenvalue weighted by molar-refractivity contribution is 7.90. The lowest BCUT2D eigenvalue weighted by Crippen LogP contribution is -2.29. The Morgan fingerprint density at radius 1 is 1.46 bits per heavy atom. The molecular weight excluding hydrogens is 330 g/mol. The second-order valence-electron chi connectivity index (χ2n) is 6.22. The van der Waals surface area contributed by atoms with E-state index in [1.54, 1.807) is 9.58 Å². The zero-order valence-corrected chi connectivity index (χ0v) is 14.6. The molecule has 0 saturated carbocycles. The van der Waals surface area contributed by atoms with E-state index < -0.39 is 9.84 Å². The summed E-state index contributed by atoms with van der Waals surface area (Å²) >= 11 is 0. The molecule has 1 atom stereocenters. The molecule has 0 spiro atoms. The Labute approximate surface area is 140 Å². The van der Waals surface area contributed by atoms with Crippen LogP contribution in [-0.4, -0.2) is 58.5 Å². The third kappa shape index (κ3) is 3.50. The van der Waals surface area contributed by atoms with Crippen LogP contribution in [0.15, 0.2) is 23.4 Å². The number of sulfone groups is 1. The monoisotopic (exact) mass is 351 g/mol. The quantitative estimate of drug-likeness (QED) is 0.855. The minimum atomic E-state index is -3.32. The highest BCUT2D eigenvalue weighted by atomic mass is 32.2. The molecule has 1 aliphatic rings. The standard InChI is InChI=1S/C15H21N5O3S/c1-11-3-7-20(18-11)8-5-14(21)19-6-4-12(10-19)15-13(9-16-17-15)24(2,22)23/h3,7,9,12H,4-6,8,10H2,1-2H3,(H,16,17)/t12-/m0/s1. The van der Waals surface area contributed by atoms with Crippen molar-refractivity contribution in [2.24, 2.45) is 0 Å². The second kappa shape index (κ2) is 6.39. The first-order chi connectivity index (χ1) is 11.3. The number of nitrogens with one attached hydrogen (secondary N) is 1. The minimum Gasteiger partial charge on any atom is -0.342 e. The fourth-order valence-corrected chi connectivity index (χ4v) is 3.91. The van der Waals surface area contributed by atoms with Gasteiger partial charge in [-0.25, -0.2) is 8.42 Å².